The van der Waals surface area contributed by atoms with Crippen molar-refractivity contribution in [2.75, 3.05) is 35.8 Å². The first kappa shape index (κ1) is 57.7. The summed E-state index contributed by atoms with van der Waals surface area (Å²) in [5, 5.41) is 31.2. The number of carbonyl (C=O) groups is 1. The lowest BCUT2D eigenvalue weighted by molar-refractivity contribution is 0.0790. The molecule has 84 heavy (non-hydrogen) atoms. The van der Waals surface area contributed by atoms with E-state index in [2.05, 4.69) is 77.2 Å². The van der Waals surface area contributed by atoms with Crippen LogP contribution in [-0.4, -0.2) is 100 Å². The summed E-state index contributed by atoms with van der Waals surface area (Å²) in [5.74, 6) is 1.46. The molecule has 6 N–H and O–H groups in total. The molecule has 9 heterocycles. The topological polar surface area (TPSA) is 208 Å². The second-order valence-corrected chi connectivity index (χ2v) is 20.3. The molecule has 0 radical (unpaired) electrons. The number of hydrogen-bond acceptors (Lipinski definition) is 15. The molecule has 7 atom stereocenters. The number of ether oxygens (including phenoxy) is 3. The molecule has 6 aromatic heterocycles. The minimum atomic E-state index is -2.70. The maximum Gasteiger partial charge on any atom is 0.261 e. The van der Waals surface area contributed by atoms with Gasteiger partial charge in [0.1, 0.15) is 89.8 Å². The Balaban J connectivity index is 0.000000140. The molecule has 438 valence electrons. The predicted octanol–water partition coefficient (Wildman–Crippen LogP) is 10.7. The largest absolute Gasteiger partial charge is 0.491 e. The van der Waals surface area contributed by atoms with Crippen LogP contribution in [-0.2, 0) is 0 Å². The van der Waals surface area contributed by atoms with Crippen molar-refractivity contribution in [1.82, 2.24) is 59.7 Å². The standard InChI is InChI=1S/C21H24FN5O.C19H18F3N5O.C19H19F2N5O2/c1-4-15-12-28-19-7-6-14(22)10-16(19)18(5-2)25-20-8-9-27-21(26-20)17(11-23-27)13(3)24-15;1-10-13-7-12(20)3-4-16(13)28-9-15(18(21)22)24-11(2)14-8-23-27-6-5-17(25-10)26-19(14)27;1-10(20)15-9-28-16-4-3-12(21)7-13(16)11(2)23-17-5-6-26-18(25-17)14(8-22-26)19(27)24-15/h6-11,15,18,24H,3-5,12H2,1-2H3,(H,25,26);3-8,10,15,18,24H,2,9H2,1H3,(H,25,26);3-8,10-11,15H,9H2,1-2H3,(H,23,25)(H,24,27)/t15-,18+;10-,15+;10?,11-,15-/m011/s1. The van der Waals surface area contributed by atoms with E-state index in [-0.39, 0.29) is 54.5 Å². The van der Waals surface area contributed by atoms with Crippen molar-refractivity contribution < 1.29 is 45.3 Å². The number of aromatic nitrogens is 9. The second-order valence-electron chi connectivity index (χ2n) is 20.3. The molecule has 0 fully saturated rings. The molecule has 3 aromatic carbocycles. The molecule has 0 spiro atoms. The van der Waals surface area contributed by atoms with E-state index in [0.717, 1.165) is 29.7 Å². The number of nitrogens with one attached hydrogen (secondary N) is 6. The average Bonchev–Trinajstić information content (AvgIpc) is 4.26. The maximum atomic E-state index is 14.1. The third-order valence-electron chi connectivity index (χ3n) is 14.4. The monoisotopic (exact) mass is 1160 g/mol. The first-order valence-corrected chi connectivity index (χ1v) is 27.2. The van der Waals surface area contributed by atoms with Gasteiger partial charge in [0.05, 0.1) is 59.9 Å². The molecule has 0 saturated carbocycles. The van der Waals surface area contributed by atoms with Crippen molar-refractivity contribution in [1.29, 1.82) is 0 Å². The Morgan fingerprint density at radius 3 is 1.45 bits per heavy atom. The number of anilines is 3. The number of rotatable bonds is 4. The van der Waals surface area contributed by atoms with Crippen LogP contribution in [0.15, 0.2) is 123 Å². The molecule has 0 saturated heterocycles. The fourth-order valence-electron chi connectivity index (χ4n) is 9.66. The van der Waals surface area contributed by atoms with Crippen molar-refractivity contribution in [3.05, 3.63) is 174 Å². The van der Waals surface area contributed by atoms with Gasteiger partial charge in [0.25, 0.3) is 12.3 Å². The molecule has 6 bridgehead atoms. The summed E-state index contributed by atoms with van der Waals surface area (Å²) < 4.78 is 105. The van der Waals surface area contributed by atoms with Gasteiger partial charge in [-0.1, -0.05) is 27.0 Å². The Bertz CT molecular complexity index is 3710. The Morgan fingerprint density at radius 2 is 0.976 bits per heavy atom. The van der Waals surface area contributed by atoms with Gasteiger partial charge in [0, 0.05) is 46.7 Å². The lowest BCUT2D eigenvalue weighted by Crippen LogP contribution is -2.44. The summed E-state index contributed by atoms with van der Waals surface area (Å²) in [6.45, 7) is 17.2. The first-order chi connectivity index (χ1) is 40.4. The van der Waals surface area contributed by atoms with Crippen molar-refractivity contribution in [3.63, 3.8) is 0 Å². The minimum absolute atomic E-state index is 0.0531. The highest BCUT2D eigenvalue weighted by Gasteiger charge is 2.28. The van der Waals surface area contributed by atoms with Gasteiger partial charge in [-0.15, -0.1) is 0 Å². The van der Waals surface area contributed by atoms with Crippen molar-refractivity contribution in [2.45, 2.75) is 96.3 Å². The predicted molar refractivity (Wildman–Crippen MR) is 305 cm³/mol. The molecule has 1 unspecified atom stereocenters. The van der Waals surface area contributed by atoms with Gasteiger partial charge in [0.15, 0.2) is 16.9 Å². The van der Waals surface area contributed by atoms with E-state index >= 15 is 0 Å². The number of halogens is 6. The van der Waals surface area contributed by atoms with Gasteiger partial charge in [-0.3, -0.25) is 4.79 Å². The maximum absolute atomic E-state index is 14.1. The van der Waals surface area contributed by atoms with Crippen molar-refractivity contribution in [2.24, 2.45) is 0 Å². The molecule has 3 aliphatic heterocycles. The zero-order valence-corrected chi connectivity index (χ0v) is 46.4. The quantitative estimate of drug-likeness (QED) is 0.0907. The highest BCUT2D eigenvalue weighted by atomic mass is 19.3. The highest BCUT2D eigenvalue weighted by molar-refractivity contribution is 6.00. The summed E-state index contributed by atoms with van der Waals surface area (Å²) in [7, 11) is 0. The fourth-order valence-corrected chi connectivity index (χ4v) is 9.66. The summed E-state index contributed by atoms with van der Waals surface area (Å²) in [6, 6.07) is 15.0. The third kappa shape index (κ3) is 12.7. The van der Waals surface area contributed by atoms with Crippen LogP contribution in [0, 0.1) is 17.5 Å². The number of hydrogen-bond donors (Lipinski definition) is 6. The van der Waals surface area contributed by atoms with Crippen LogP contribution < -0.4 is 46.1 Å². The average molecular weight is 1160 g/mol. The van der Waals surface area contributed by atoms with Crippen molar-refractivity contribution in [3.8, 4) is 17.2 Å². The molecule has 0 aliphatic carbocycles. The second kappa shape index (κ2) is 24.9. The molecule has 3 aliphatic rings. The number of alkyl halides is 3. The number of amides is 1. The number of benzene rings is 3. The van der Waals surface area contributed by atoms with Gasteiger partial charge < -0.3 is 46.1 Å². The van der Waals surface area contributed by atoms with Gasteiger partial charge in [0.2, 0.25) is 0 Å². The molecule has 12 rings (SSSR count). The van der Waals surface area contributed by atoms with Crippen LogP contribution in [0.4, 0.5) is 43.8 Å². The van der Waals surface area contributed by atoms with E-state index in [4.69, 9.17) is 19.2 Å². The Labute approximate surface area is 478 Å². The van der Waals surface area contributed by atoms with Gasteiger partial charge in [-0.2, -0.15) is 15.3 Å². The lowest BCUT2D eigenvalue weighted by Gasteiger charge is -2.23. The van der Waals surface area contributed by atoms with Gasteiger partial charge in [-0.05, 0) is 106 Å². The SMILES string of the molecule is C=C1N[C@@H](CC)COc2ccc(F)cc2[C@@H](CC)Nc2ccn3ncc1c3n2.C=C1N[C@H](C(F)F)COc2ccc(F)cc2[C@@H](C)Nc2ccn3ncc1c3n2.CC(F)[C@H]1COc2ccc(F)cc2[C@@H](C)Nc2ccn3ncc(c3n2)C(=O)N1. The number of nitrogens with zero attached hydrogens (tertiary/aromatic N) is 9. The Hall–Kier alpha value is -9.55. The molecular formula is C59H61F6N15O4. The molecular weight excluding hydrogens is 1100 g/mol. The Morgan fingerprint density at radius 1 is 0.548 bits per heavy atom. The highest BCUT2D eigenvalue weighted by Crippen LogP contribution is 2.34. The van der Waals surface area contributed by atoms with E-state index in [1.807, 2.05) is 33.0 Å². The minimum Gasteiger partial charge on any atom is -0.491 e. The molecule has 25 heteroatoms. The first-order valence-electron chi connectivity index (χ1n) is 27.2. The molecule has 19 nitrogen and oxygen atoms in total. The van der Waals surface area contributed by atoms with Gasteiger partial charge in [-0.25, -0.2) is 54.8 Å². The van der Waals surface area contributed by atoms with E-state index < -0.39 is 42.2 Å². The Kier molecular flexibility index (Phi) is 17.1. The molecule has 9 aromatic rings. The lowest BCUT2D eigenvalue weighted by atomic mass is 10.0. The van der Waals surface area contributed by atoms with E-state index in [1.54, 1.807) is 41.3 Å². The number of carbonyl (C=O) groups excluding carboxylic acids is 1. The third-order valence-corrected chi connectivity index (χ3v) is 14.4. The smallest absolute Gasteiger partial charge is 0.261 e. The van der Waals surface area contributed by atoms with Crippen LogP contribution in [0.3, 0.4) is 0 Å². The number of fused-ring (bicyclic) bond motifs is 6. The molecule has 1 amide bonds. The summed E-state index contributed by atoms with van der Waals surface area (Å²) in [6.07, 6.45) is 7.40. The van der Waals surface area contributed by atoms with Crippen LogP contribution in [0.25, 0.3) is 28.3 Å². The van der Waals surface area contributed by atoms with E-state index in [1.165, 1.54) is 76.9 Å². The van der Waals surface area contributed by atoms with Crippen LogP contribution in [0.5, 0.6) is 17.2 Å². The van der Waals surface area contributed by atoms with Crippen LogP contribution in [0.1, 0.15) is 104 Å². The van der Waals surface area contributed by atoms with E-state index in [9.17, 15) is 31.1 Å². The summed E-state index contributed by atoms with van der Waals surface area (Å²) in [4.78, 5) is 26.4. The van der Waals surface area contributed by atoms with Gasteiger partial charge >= 0.3 is 0 Å². The van der Waals surface area contributed by atoms with Crippen LogP contribution >= 0.6 is 0 Å². The van der Waals surface area contributed by atoms with E-state index in [0.29, 0.717) is 74.9 Å². The zero-order chi connectivity index (χ0) is 59.3. The van der Waals surface area contributed by atoms with Crippen LogP contribution in [0.2, 0.25) is 0 Å². The summed E-state index contributed by atoms with van der Waals surface area (Å²) >= 11 is 0. The normalized spacial score (nSPS) is 20.1. The fraction of sp³-hybridized carbons (Fsp3) is 0.305. The zero-order valence-electron chi connectivity index (χ0n) is 46.4. The van der Waals surface area contributed by atoms with Crippen molar-refractivity contribution >= 4 is 51.7 Å². The summed E-state index contributed by atoms with van der Waals surface area (Å²) in [5.41, 5.74) is 5.95.